The van der Waals surface area contributed by atoms with Crippen molar-refractivity contribution in [1.82, 2.24) is 0 Å². The van der Waals surface area contributed by atoms with E-state index in [1.54, 1.807) is 0 Å². The van der Waals surface area contributed by atoms with Crippen LogP contribution in [0.25, 0.3) is 0 Å². The summed E-state index contributed by atoms with van der Waals surface area (Å²) in [7, 11) is 0. The molecule has 4 N–H and O–H groups in total. The van der Waals surface area contributed by atoms with Crippen molar-refractivity contribution < 1.29 is 0 Å². The molecule has 0 aliphatic rings. The molecule has 0 aromatic heterocycles. The first-order valence-electron chi connectivity index (χ1n) is 5.47. The SMILES string of the molecule is Cc1cccc([Te]c2cccc(N)c2C)c1N. The molecule has 0 aliphatic carbocycles. The predicted molar refractivity (Wildman–Crippen MR) is 76.2 cm³/mol. The molecule has 2 aromatic rings. The number of benzene rings is 2. The van der Waals surface area contributed by atoms with Crippen LogP contribution < -0.4 is 18.7 Å². The Balaban J connectivity index is 2.38. The minimum absolute atomic E-state index is 0.452. The van der Waals surface area contributed by atoms with Crippen molar-refractivity contribution in [3.63, 3.8) is 0 Å². The van der Waals surface area contributed by atoms with E-state index in [4.69, 9.17) is 11.5 Å². The van der Waals surface area contributed by atoms with Crippen molar-refractivity contribution in [2.75, 3.05) is 11.5 Å². The Morgan fingerprint density at radius 1 is 0.882 bits per heavy atom. The van der Waals surface area contributed by atoms with Crippen LogP contribution in [-0.2, 0) is 0 Å². The van der Waals surface area contributed by atoms with Crippen molar-refractivity contribution in [1.29, 1.82) is 0 Å². The minimum atomic E-state index is -0.452. The molecular formula is C14H16N2Te. The van der Waals surface area contributed by atoms with Gasteiger partial charge in [-0.15, -0.1) is 0 Å². The molecule has 0 spiro atoms. The standard InChI is InChI=1S/C14H16N2Te/c1-9-5-3-8-13(14(9)16)17-12-7-4-6-11(15)10(12)2/h3-8H,15-16H2,1-2H3. The molecule has 17 heavy (non-hydrogen) atoms. The second kappa shape index (κ2) is 4.99. The van der Waals surface area contributed by atoms with Gasteiger partial charge in [-0.3, -0.25) is 0 Å². The Kier molecular flexibility index (Phi) is 3.61. The van der Waals surface area contributed by atoms with Gasteiger partial charge in [-0.25, -0.2) is 0 Å². The molecule has 0 atom stereocenters. The molecule has 0 saturated heterocycles. The van der Waals surface area contributed by atoms with Gasteiger partial charge in [-0.1, -0.05) is 0 Å². The number of hydrogen-bond donors (Lipinski definition) is 2. The first kappa shape index (κ1) is 12.3. The number of nitrogens with two attached hydrogens (primary N) is 2. The van der Waals surface area contributed by atoms with Gasteiger partial charge in [0.15, 0.2) is 0 Å². The number of hydrogen-bond acceptors (Lipinski definition) is 2. The van der Waals surface area contributed by atoms with Gasteiger partial charge in [-0.05, 0) is 0 Å². The Morgan fingerprint density at radius 3 is 2.29 bits per heavy atom. The van der Waals surface area contributed by atoms with E-state index in [1.807, 2.05) is 12.1 Å². The summed E-state index contributed by atoms with van der Waals surface area (Å²) in [6.07, 6.45) is 0. The van der Waals surface area contributed by atoms with Crippen molar-refractivity contribution in [2.24, 2.45) is 0 Å². The van der Waals surface area contributed by atoms with Gasteiger partial charge in [0.1, 0.15) is 0 Å². The topological polar surface area (TPSA) is 52.0 Å². The maximum atomic E-state index is 6.12. The van der Waals surface area contributed by atoms with Crippen LogP contribution in [0.1, 0.15) is 11.1 Å². The van der Waals surface area contributed by atoms with E-state index in [-0.39, 0.29) is 0 Å². The normalized spacial score (nSPS) is 10.5. The third-order valence-electron chi connectivity index (χ3n) is 2.83. The van der Waals surface area contributed by atoms with E-state index in [1.165, 1.54) is 12.8 Å². The molecule has 0 saturated carbocycles. The number of nitrogen functional groups attached to an aromatic ring is 2. The molecule has 2 rings (SSSR count). The average molecular weight is 340 g/mol. The Labute approximate surface area is 112 Å². The molecule has 0 unspecified atom stereocenters. The van der Waals surface area contributed by atoms with Gasteiger partial charge < -0.3 is 0 Å². The fourth-order valence-corrected chi connectivity index (χ4v) is 4.66. The van der Waals surface area contributed by atoms with Crippen LogP contribution in [0, 0.1) is 13.8 Å². The van der Waals surface area contributed by atoms with Gasteiger partial charge in [0.25, 0.3) is 0 Å². The van der Waals surface area contributed by atoms with Gasteiger partial charge in [0, 0.05) is 0 Å². The Hall–Kier alpha value is -1.17. The van der Waals surface area contributed by atoms with Crippen molar-refractivity contribution in [2.45, 2.75) is 13.8 Å². The molecule has 2 nitrogen and oxygen atoms in total. The second-order valence-corrected chi connectivity index (χ2v) is 7.15. The third-order valence-corrected chi connectivity index (χ3v) is 6.36. The van der Waals surface area contributed by atoms with E-state index in [0.29, 0.717) is 0 Å². The molecule has 0 aliphatic heterocycles. The van der Waals surface area contributed by atoms with Crippen molar-refractivity contribution in [3.8, 4) is 0 Å². The summed E-state index contributed by atoms with van der Waals surface area (Å²) < 4.78 is 2.66. The number of anilines is 2. The van der Waals surface area contributed by atoms with Crippen LogP contribution in [0.15, 0.2) is 36.4 Å². The number of para-hydroxylation sites is 1. The molecular weight excluding hydrogens is 324 g/mol. The first-order chi connectivity index (χ1) is 8.09. The van der Waals surface area contributed by atoms with Gasteiger partial charge in [0.05, 0.1) is 0 Å². The van der Waals surface area contributed by atoms with E-state index < -0.39 is 20.9 Å². The van der Waals surface area contributed by atoms with E-state index >= 15 is 0 Å². The number of aryl methyl sites for hydroxylation is 1. The molecule has 0 bridgehead atoms. The second-order valence-electron chi connectivity index (χ2n) is 4.06. The van der Waals surface area contributed by atoms with Crippen LogP contribution in [0.4, 0.5) is 11.4 Å². The van der Waals surface area contributed by atoms with Crippen molar-refractivity contribution in [3.05, 3.63) is 47.5 Å². The summed E-state index contributed by atoms with van der Waals surface area (Å²) in [4.78, 5) is 0. The van der Waals surface area contributed by atoms with Crippen LogP contribution in [0.5, 0.6) is 0 Å². The average Bonchev–Trinajstić information content (AvgIpc) is 2.31. The van der Waals surface area contributed by atoms with Crippen molar-refractivity contribution >= 4 is 39.5 Å². The first-order valence-corrected chi connectivity index (χ1v) is 7.80. The van der Waals surface area contributed by atoms with Gasteiger partial charge >= 0.3 is 112 Å². The fourth-order valence-electron chi connectivity index (χ4n) is 1.60. The Bertz CT molecular complexity index is 500. The van der Waals surface area contributed by atoms with Crippen LogP contribution in [0.2, 0.25) is 0 Å². The summed E-state index contributed by atoms with van der Waals surface area (Å²) in [5, 5.41) is 0. The molecule has 0 heterocycles. The molecule has 0 radical (unpaired) electrons. The monoisotopic (exact) mass is 342 g/mol. The molecule has 0 fully saturated rings. The van der Waals surface area contributed by atoms with E-state index in [2.05, 4.69) is 38.1 Å². The Morgan fingerprint density at radius 2 is 1.53 bits per heavy atom. The zero-order valence-electron chi connectivity index (χ0n) is 10.0. The summed E-state index contributed by atoms with van der Waals surface area (Å²) >= 11 is -0.452. The fraction of sp³-hybridized carbons (Fsp3) is 0.143. The zero-order valence-corrected chi connectivity index (χ0v) is 12.4. The summed E-state index contributed by atoms with van der Waals surface area (Å²) in [6, 6.07) is 12.4. The predicted octanol–water partition coefficient (Wildman–Crippen LogP) is 1.12. The van der Waals surface area contributed by atoms with E-state index in [0.717, 1.165) is 16.9 Å². The van der Waals surface area contributed by atoms with E-state index in [9.17, 15) is 0 Å². The molecule has 2 aromatic carbocycles. The van der Waals surface area contributed by atoms with Gasteiger partial charge in [-0.2, -0.15) is 0 Å². The van der Waals surface area contributed by atoms with Crippen LogP contribution in [-0.4, -0.2) is 20.9 Å². The zero-order chi connectivity index (χ0) is 12.4. The molecule has 88 valence electrons. The van der Waals surface area contributed by atoms with Crippen LogP contribution >= 0.6 is 0 Å². The summed E-state index contributed by atoms with van der Waals surface area (Å²) in [5.41, 5.74) is 16.2. The van der Waals surface area contributed by atoms with Gasteiger partial charge in [0.2, 0.25) is 0 Å². The summed E-state index contributed by atoms with van der Waals surface area (Å²) in [5.74, 6) is 0. The number of rotatable bonds is 2. The molecule has 3 heteroatoms. The maximum absolute atomic E-state index is 6.12. The summed E-state index contributed by atoms with van der Waals surface area (Å²) in [6.45, 7) is 4.14. The molecule has 0 amide bonds. The van der Waals surface area contributed by atoms with Crippen LogP contribution in [0.3, 0.4) is 0 Å². The quantitative estimate of drug-likeness (QED) is 0.636. The third kappa shape index (κ3) is 2.57.